The van der Waals surface area contributed by atoms with E-state index >= 15 is 0 Å². The zero-order valence-electron chi connectivity index (χ0n) is 7.79. The Bertz CT molecular complexity index is 436. The van der Waals surface area contributed by atoms with E-state index in [1.54, 1.807) is 18.6 Å². The van der Waals surface area contributed by atoms with Crippen LogP contribution in [0.25, 0.3) is 11.4 Å². The topological polar surface area (TPSA) is 41.6 Å². The van der Waals surface area contributed by atoms with E-state index in [1.165, 1.54) is 0 Å². The Morgan fingerprint density at radius 2 is 2.29 bits per heavy atom. The lowest BCUT2D eigenvalue weighted by Gasteiger charge is -1.99. The highest BCUT2D eigenvalue weighted by molar-refractivity contribution is 6.16. The number of nitrogens with zero attached hydrogens (tertiary/aromatic N) is 2. The lowest BCUT2D eigenvalue weighted by Crippen LogP contribution is -1.86. The molecule has 0 saturated carbocycles. The summed E-state index contributed by atoms with van der Waals surface area (Å²) < 4.78 is 0. The van der Waals surface area contributed by atoms with Gasteiger partial charge >= 0.3 is 0 Å². The Hall–Kier alpha value is -1.35. The highest BCUT2D eigenvalue weighted by Gasteiger charge is 2.05. The van der Waals surface area contributed by atoms with E-state index in [9.17, 15) is 0 Å². The second kappa shape index (κ2) is 3.80. The summed E-state index contributed by atoms with van der Waals surface area (Å²) in [6, 6.07) is 1.96. The number of hydrogen-bond acceptors (Lipinski definition) is 2. The van der Waals surface area contributed by atoms with Crippen LogP contribution in [0.2, 0.25) is 0 Å². The molecule has 2 rings (SSSR count). The van der Waals surface area contributed by atoms with Crippen molar-refractivity contribution in [3.8, 4) is 11.4 Å². The standard InChI is InChI=1S/C10H10ClN3/c1-7-2-3-12-6-9(7)10-13-5-8(4-11)14-10/h2-3,5-6H,4H2,1H3,(H,13,14). The predicted molar refractivity (Wildman–Crippen MR) is 56.1 cm³/mol. The molecule has 3 nitrogen and oxygen atoms in total. The van der Waals surface area contributed by atoms with Crippen molar-refractivity contribution in [2.75, 3.05) is 0 Å². The number of aryl methyl sites for hydroxylation is 1. The molecular formula is C10H10ClN3. The lowest BCUT2D eigenvalue weighted by atomic mass is 10.1. The van der Waals surface area contributed by atoms with Gasteiger partial charge in [-0.3, -0.25) is 4.98 Å². The average Bonchev–Trinajstić information content (AvgIpc) is 2.67. The molecule has 0 aliphatic heterocycles. The van der Waals surface area contributed by atoms with Crippen LogP contribution in [0.1, 0.15) is 11.3 Å². The summed E-state index contributed by atoms with van der Waals surface area (Å²) in [5.74, 6) is 1.28. The molecule has 2 aromatic rings. The van der Waals surface area contributed by atoms with Crippen LogP contribution < -0.4 is 0 Å². The van der Waals surface area contributed by atoms with Crippen LogP contribution in [-0.2, 0) is 5.88 Å². The monoisotopic (exact) mass is 207 g/mol. The molecule has 0 spiro atoms. The largest absolute Gasteiger partial charge is 0.341 e. The van der Waals surface area contributed by atoms with Crippen molar-refractivity contribution in [2.45, 2.75) is 12.8 Å². The summed E-state index contributed by atoms with van der Waals surface area (Å²) >= 11 is 5.68. The summed E-state index contributed by atoms with van der Waals surface area (Å²) in [7, 11) is 0. The maximum absolute atomic E-state index is 5.68. The normalized spacial score (nSPS) is 10.4. The van der Waals surface area contributed by atoms with Gasteiger partial charge in [0.05, 0.1) is 5.88 Å². The van der Waals surface area contributed by atoms with Crippen LogP contribution in [0.15, 0.2) is 24.7 Å². The van der Waals surface area contributed by atoms with Crippen molar-refractivity contribution in [2.24, 2.45) is 0 Å². The average molecular weight is 208 g/mol. The molecule has 0 unspecified atom stereocenters. The summed E-state index contributed by atoms with van der Waals surface area (Å²) in [5, 5.41) is 0. The number of halogens is 1. The molecule has 0 aromatic carbocycles. The number of nitrogens with one attached hydrogen (secondary N) is 1. The van der Waals surface area contributed by atoms with Gasteiger partial charge in [0.2, 0.25) is 0 Å². The lowest BCUT2D eigenvalue weighted by molar-refractivity contribution is 1.20. The van der Waals surface area contributed by atoms with Gasteiger partial charge in [0.25, 0.3) is 0 Å². The molecular weight excluding hydrogens is 198 g/mol. The summed E-state index contributed by atoms with van der Waals surface area (Å²) in [6.45, 7) is 2.03. The van der Waals surface area contributed by atoms with Gasteiger partial charge in [0.15, 0.2) is 0 Å². The fourth-order valence-electron chi connectivity index (χ4n) is 1.28. The Balaban J connectivity index is 2.44. The number of pyridine rings is 1. The quantitative estimate of drug-likeness (QED) is 0.769. The van der Waals surface area contributed by atoms with E-state index < -0.39 is 0 Å². The minimum absolute atomic E-state index is 0.451. The highest BCUT2D eigenvalue weighted by atomic mass is 35.5. The van der Waals surface area contributed by atoms with Crippen molar-refractivity contribution in [1.29, 1.82) is 0 Å². The van der Waals surface area contributed by atoms with Gasteiger partial charge < -0.3 is 4.98 Å². The summed E-state index contributed by atoms with van der Waals surface area (Å²) in [6.07, 6.45) is 5.31. The number of H-pyrrole nitrogens is 1. The van der Waals surface area contributed by atoms with E-state index in [0.29, 0.717) is 5.88 Å². The molecule has 0 radical (unpaired) electrons. The molecule has 72 valence electrons. The maximum atomic E-state index is 5.68. The minimum Gasteiger partial charge on any atom is -0.341 e. The maximum Gasteiger partial charge on any atom is 0.139 e. The van der Waals surface area contributed by atoms with Crippen LogP contribution in [0, 0.1) is 6.92 Å². The molecule has 0 amide bonds. The van der Waals surface area contributed by atoms with Crippen molar-refractivity contribution in [3.05, 3.63) is 35.9 Å². The zero-order valence-corrected chi connectivity index (χ0v) is 8.54. The Labute approximate surface area is 87.2 Å². The van der Waals surface area contributed by atoms with E-state index in [2.05, 4.69) is 15.0 Å². The van der Waals surface area contributed by atoms with Crippen LogP contribution >= 0.6 is 11.6 Å². The SMILES string of the molecule is Cc1ccncc1-c1ncc(CCl)[nH]1. The Kier molecular flexibility index (Phi) is 2.50. The van der Waals surface area contributed by atoms with Crippen molar-refractivity contribution < 1.29 is 0 Å². The van der Waals surface area contributed by atoms with Crippen LogP contribution in [0.5, 0.6) is 0 Å². The van der Waals surface area contributed by atoms with E-state index in [-0.39, 0.29) is 0 Å². The number of alkyl halides is 1. The van der Waals surface area contributed by atoms with Gasteiger partial charge in [0, 0.05) is 29.8 Å². The van der Waals surface area contributed by atoms with Gasteiger partial charge in [-0.15, -0.1) is 11.6 Å². The summed E-state index contributed by atoms with van der Waals surface area (Å²) in [5.41, 5.74) is 3.09. The first-order valence-corrected chi connectivity index (χ1v) is 4.85. The van der Waals surface area contributed by atoms with Crippen molar-refractivity contribution in [3.63, 3.8) is 0 Å². The molecule has 1 N–H and O–H groups in total. The number of aromatic nitrogens is 3. The van der Waals surface area contributed by atoms with Crippen molar-refractivity contribution in [1.82, 2.24) is 15.0 Å². The molecule has 0 saturated heterocycles. The smallest absolute Gasteiger partial charge is 0.139 e. The highest BCUT2D eigenvalue weighted by Crippen LogP contribution is 2.18. The Morgan fingerprint density at radius 1 is 1.43 bits per heavy atom. The Morgan fingerprint density at radius 3 is 2.93 bits per heavy atom. The zero-order chi connectivity index (χ0) is 9.97. The van der Waals surface area contributed by atoms with Gasteiger partial charge in [-0.2, -0.15) is 0 Å². The molecule has 2 heterocycles. The third kappa shape index (κ3) is 1.63. The van der Waals surface area contributed by atoms with Gasteiger partial charge in [-0.25, -0.2) is 4.98 Å². The molecule has 0 fully saturated rings. The van der Waals surface area contributed by atoms with Crippen molar-refractivity contribution >= 4 is 11.6 Å². The fourth-order valence-corrected chi connectivity index (χ4v) is 1.41. The first kappa shape index (κ1) is 9.21. The number of aromatic amines is 1. The number of hydrogen-bond donors (Lipinski definition) is 1. The van der Waals surface area contributed by atoms with Gasteiger partial charge in [-0.1, -0.05) is 0 Å². The van der Waals surface area contributed by atoms with Crippen LogP contribution in [0.4, 0.5) is 0 Å². The van der Waals surface area contributed by atoms with E-state index in [4.69, 9.17) is 11.6 Å². The van der Waals surface area contributed by atoms with E-state index in [0.717, 1.165) is 22.6 Å². The summed E-state index contributed by atoms with van der Waals surface area (Å²) in [4.78, 5) is 11.4. The molecule has 14 heavy (non-hydrogen) atoms. The van der Waals surface area contributed by atoms with E-state index in [1.807, 2.05) is 13.0 Å². The molecule has 0 bridgehead atoms. The van der Waals surface area contributed by atoms with Crippen LogP contribution in [0.3, 0.4) is 0 Å². The van der Waals surface area contributed by atoms with Gasteiger partial charge in [-0.05, 0) is 18.6 Å². The minimum atomic E-state index is 0.451. The fraction of sp³-hybridized carbons (Fsp3) is 0.200. The molecule has 0 atom stereocenters. The third-order valence-electron chi connectivity index (χ3n) is 2.07. The number of rotatable bonds is 2. The predicted octanol–water partition coefficient (Wildman–Crippen LogP) is 2.52. The first-order valence-electron chi connectivity index (χ1n) is 4.32. The molecule has 2 aromatic heterocycles. The van der Waals surface area contributed by atoms with Gasteiger partial charge in [0.1, 0.15) is 5.82 Å². The number of imidazole rings is 1. The second-order valence-corrected chi connectivity index (χ2v) is 3.35. The first-order chi connectivity index (χ1) is 6.81. The third-order valence-corrected chi connectivity index (χ3v) is 2.35. The molecule has 4 heteroatoms. The molecule has 0 aliphatic carbocycles. The second-order valence-electron chi connectivity index (χ2n) is 3.08. The molecule has 0 aliphatic rings. The van der Waals surface area contributed by atoms with Crippen LogP contribution in [-0.4, -0.2) is 15.0 Å².